The van der Waals surface area contributed by atoms with E-state index < -0.39 is 0 Å². The summed E-state index contributed by atoms with van der Waals surface area (Å²) in [7, 11) is 1.73. The predicted octanol–water partition coefficient (Wildman–Crippen LogP) is 1.49. The standard InChI is InChI=1S/C10H19N3O/c1-8(5-7-14-3)12-9(2)10-4-6-11-13-10/h4,6,8-9,12H,5,7H2,1-3H3,(H,11,13). The predicted molar refractivity (Wildman–Crippen MR) is 56.1 cm³/mol. The fourth-order valence-electron chi connectivity index (χ4n) is 1.40. The van der Waals surface area contributed by atoms with Gasteiger partial charge in [0.25, 0.3) is 0 Å². The molecule has 2 atom stereocenters. The van der Waals surface area contributed by atoms with Gasteiger partial charge in [-0.05, 0) is 26.3 Å². The molecule has 0 aromatic carbocycles. The molecule has 4 heteroatoms. The Morgan fingerprint density at radius 1 is 1.57 bits per heavy atom. The largest absolute Gasteiger partial charge is 0.385 e. The number of nitrogens with zero attached hydrogens (tertiary/aromatic N) is 1. The summed E-state index contributed by atoms with van der Waals surface area (Å²) >= 11 is 0. The highest BCUT2D eigenvalue weighted by atomic mass is 16.5. The zero-order chi connectivity index (χ0) is 10.4. The first-order valence-electron chi connectivity index (χ1n) is 4.98. The number of rotatable bonds is 6. The third kappa shape index (κ3) is 3.47. The minimum Gasteiger partial charge on any atom is -0.385 e. The van der Waals surface area contributed by atoms with Crippen LogP contribution in [0.2, 0.25) is 0 Å². The Hall–Kier alpha value is -0.870. The quantitative estimate of drug-likeness (QED) is 0.726. The summed E-state index contributed by atoms with van der Waals surface area (Å²) < 4.78 is 5.02. The van der Waals surface area contributed by atoms with E-state index in [4.69, 9.17) is 4.74 Å². The molecular weight excluding hydrogens is 178 g/mol. The van der Waals surface area contributed by atoms with E-state index in [1.807, 2.05) is 6.07 Å². The second kappa shape index (κ2) is 5.78. The van der Waals surface area contributed by atoms with Gasteiger partial charge in [-0.25, -0.2) is 0 Å². The van der Waals surface area contributed by atoms with Gasteiger partial charge in [0.05, 0.1) is 5.69 Å². The Bertz CT molecular complexity index is 236. The first-order chi connectivity index (χ1) is 6.74. The third-order valence-electron chi connectivity index (χ3n) is 2.28. The highest BCUT2D eigenvalue weighted by Gasteiger charge is 2.09. The van der Waals surface area contributed by atoms with E-state index in [9.17, 15) is 0 Å². The van der Waals surface area contributed by atoms with E-state index >= 15 is 0 Å². The summed E-state index contributed by atoms with van der Waals surface area (Å²) in [6.07, 6.45) is 2.79. The monoisotopic (exact) mass is 197 g/mol. The van der Waals surface area contributed by atoms with Crippen LogP contribution in [0, 0.1) is 0 Å². The maximum atomic E-state index is 5.02. The highest BCUT2D eigenvalue weighted by molar-refractivity contribution is 5.03. The van der Waals surface area contributed by atoms with Gasteiger partial charge in [0.1, 0.15) is 0 Å². The van der Waals surface area contributed by atoms with Gasteiger partial charge < -0.3 is 10.1 Å². The van der Waals surface area contributed by atoms with Gasteiger partial charge in [0.15, 0.2) is 0 Å². The van der Waals surface area contributed by atoms with Crippen LogP contribution >= 0.6 is 0 Å². The Labute approximate surface area is 85.0 Å². The average Bonchev–Trinajstić information content (AvgIpc) is 2.67. The average molecular weight is 197 g/mol. The van der Waals surface area contributed by atoms with Crippen molar-refractivity contribution in [1.82, 2.24) is 15.5 Å². The molecule has 80 valence electrons. The lowest BCUT2D eigenvalue weighted by atomic mass is 10.2. The van der Waals surface area contributed by atoms with Crippen LogP contribution in [-0.4, -0.2) is 30.0 Å². The molecule has 2 unspecified atom stereocenters. The Kier molecular flexibility index (Phi) is 4.62. The molecule has 0 saturated carbocycles. The SMILES string of the molecule is COCCC(C)NC(C)c1ccn[nH]1. The number of aromatic nitrogens is 2. The minimum atomic E-state index is 0.310. The van der Waals surface area contributed by atoms with Crippen LogP contribution in [-0.2, 0) is 4.74 Å². The summed E-state index contributed by atoms with van der Waals surface area (Å²) in [4.78, 5) is 0. The number of H-pyrrole nitrogens is 1. The highest BCUT2D eigenvalue weighted by Crippen LogP contribution is 2.09. The maximum Gasteiger partial charge on any atom is 0.0518 e. The lowest BCUT2D eigenvalue weighted by Gasteiger charge is -2.18. The van der Waals surface area contributed by atoms with Crippen LogP contribution in [0.25, 0.3) is 0 Å². The number of hydrogen-bond donors (Lipinski definition) is 2. The van der Waals surface area contributed by atoms with Crippen LogP contribution in [0.3, 0.4) is 0 Å². The Morgan fingerprint density at radius 2 is 2.36 bits per heavy atom. The summed E-state index contributed by atoms with van der Waals surface area (Å²) in [6.45, 7) is 5.08. The number of nitrogens with one attached hydrogen (secondary N) is 2. The number of methoxy groups -OCH3 is 1. The number of hydrogen-bond acceptors (Lipinski definition) is 3. The van der Waals surface area contributed by atoms with Crippen LogP contribution in [0.5, 0.6) is 0 Å². The molecule has 0 saturated heterocycles. The van der Waals surface area contributed by atoms with Gasteiger partial charge in [0.2, 0.25) is 0 Å². The summed E-state index contributed by atoms with van der Waals surface area (Å²) in [5, 5.41) is 10.3. The summed E-state index contributed by atoms with van der Waals surface area (Å²) in [5.74, 6) is 0. The molecule has 0 fully saturated rings. The molecule has 1 aromatic rings. The van der Waals surface area contributed by atoms with Crippen molar-refractivity contribution in [2.45, 2.75) is 32.4 Å². The molecule has 1 rings (SSSR count). The first-order valence-corrected chi connectivity index (χ1v) is 4.98. The lowest BCUT2D eigenvalue weighted by molar-refractivity contribution is 0.183. The van der Waals surface area contributed by atoms with E-state index in [1.54, 1.807) is 13.3 Å². The normalized spacial score (nSPS) is 15.4. The van der Waals surface area contributed by atoms with Gasteiger partial charge in [-0.3, -0.25) is 5.10 Å². The van der Waals surface area contributed by atoms with Crippen LogP contribution in [0.15, 0.2) is 12.3 Å². The van der Waals surface area contributed by atoms with Crippen molar-refractivity contribution in [2.75, 3.05) is 13.7 Å². The number of ether oxygens (including phenoxy) is 1. The lowest BCUT2D eigenvalue weighted by Crippen LogP contribution is -2.30. The maximum absolute atomic E-state index is 5.02. The topological polar surface area (TPSA) is 49.9 Å². The number of aromatic amines is 1. The molecule has 0 amide bonds. The van der Waals surface area contributed by atoms with Crippen molar-refractivity contribution in [3.8, 4) is 0 Å². The van der Waals surface area contributed by atoms with Crippen molar-refractivity contribution in [2.24, 2.45) is 0 Å². The second-order valence-corrected chi connectivity index (χ2v) is 3.58. The molecule has 0 aliphatic rings. The van der Waals surface area contributed by atoms with Crippen LogP contribution in [0.4, 0.5) is 0 Å². The molecule has 1 aromatic heterocycles. The molecule has 2 N–H and O–H groups in total. The molecule has 0 aliphatic carbocycles. The van der Waals surface area contributed by atoms with Crippen molar-refractivity contribution < 1.29 is 4.74 Å². The molecule has 1 heterocycles. The van der Waals surface area contributed by atoms with E-state index in [2.05, 4.69) is 29.4 Å². The van der Waals surface area contributed by atoms with Crippen molar-refractivity contribution in [1.29, 1.82) is 0 Å². The van der Waals surface area contributed by atoms with Gasteiger partial charge in [-0.2, -0.15) is 5.10 Å². The Balaban J connectivity index is 2.29. The first kappa shape index (κ1) is 11.2. The fraction of sp³-hybridized carbons (Fsp3) is 0.700. The zero-order valence-electron chi connectivity index (χ0n) is 9.08. The smallest absolute Gasteiger partial charge is 0.0518 e. The molecule has 0 bridgehead atoms. The van der Waals surface area contributed by atoms with Gasteiger partial charge >= 0.3 is 0 Å². The molecule has 14 heavy (non-hydrogen) atoms. The van der Waals surface area contributed by atoms with E-state index in [-0.39, 0.29) is 0 Å². The van der Waals surface area contributed by atoms with Crippen LogP contribution in [0.1, 0.15) is 32.0 Å². The minimum absolute atomic E-state index is 0.310. The third-order valence-corrected chi connectivity index (χ3v) is 2.28. The molecular formula is C10H19N3O. The van der Waals surface area contributed by atoms with Crippen molar-refractivity contribution in [3.63, 3.8) is 0 Å². The van der Waals surface area contributed by atoms with Crippen LogP contribution < -0.4 is 5.32 Å². The summed E-state index contributed by atoms with van der Waals surface area (Å²) in [5.41, 5.74) is 1.12. The van der Waals surface area contributed by atoms with E-state index in [0.29, 0.717) is 12.1 Å². The van der Waals surface area contributed by atoms with Gasteiger partial charge in [0, 0.05) is 32.0 Å². The van der Waals surface area contributed by atoms with Crippen molar-refractivity contribution in [3.05, 3.63) is 18.0 Å². The molecule has 0 radical (unpaired) electrons. The summed E-state index contributed by atoms with van der Waals surface area (Å²) in [6, 6.07) is 2.75. The molecule has 0 aliphatic heterocycles. The molecule has 0 spiro atoms. The fourth-order valence-corrected chi connectivity index (χ4v) is 1.40. The van der Waals surface area contributed by atoms with Gasteiger partial charge in [-0.1, -0.05) is 0 Å². The van der Waals surface area contributed by atoms with E-state index in [1.165, 1.54) is 0 Å². The zero-order valence-corrected chi connectivity index (χ0v) is 9.08. The Morgan fingerprint density at radius 3 is 2.93 bits per heavy atom. The molecule has 4 nitrogen and oxygen atoms in total. The van der Waals surface area contributed by atoms with Crippen molar-refractivity contribution >= 4 is 0 Å². The van der Waals surface area contributed by atoms with E-state index in [0.717, 1.165) is 18.7 Å². The van der Waals surface area contributed by atoms with Gasteiger partial charge in [-0.15, -0.1) is 0 Å². The second-order valence-electron chi connectivity index (χ2n) is 3.58.